The molecule has 106 valence electrons. The third-order valence-electron chi connectivity index (χ3n) is 2.90. The molecule has 2 nitrogen and oxygen atoms in total. The molecule has 0 spiro atoms. The fraction of sp³-hybridized carbons (Fsp3) is 0.200. The molecule has 0 aliphatic rings. The van der Waals surface area contributed by atoms with E-state index in [0.29, 0.717) is 5.69 Å². The highest BCUT2D eigenvalue weighted by atomic mass is 19.4. The van der Waals surface area contributed by atoms with E-state index in [-0.39, 0.29) is 12.4 Å². The molecule has 0 bridgehead atoms. The second kappa shape index (κ2) is 5.45. The van der Waals surface area contributed by atoms with E-state index >= 15 is 0 Å². The van der Waals surface area contributed by atoms with Crippen LogP contribution >= 0.6 is 0 Å². The second-order valence-corrected chi connectivity index (χ2v) is 4.51. The molecule has 2 aromatic carbocycles. The van der Waals surface area contributed by atoms with Gasteiger partial charge in [0, 0.05) is 5.69 Å². The van der Waals surface area contributed by atoms with Crippen molar-refractivity contribution in [3.8, 4) is 5.75 Å². The molecule has 0 aliphatic heterocycles. The van der Waals surface area contributed by atoms with Gasteiger partial charge < -0.3 is 10.5 Å². The zero-order chi connectivity index (χ0) is 14.8. The smallest absolute Gasteiger partial charge is 0.416 e. The van der Waals surface area contributed by atoms with E-state index in [4.69, 9.17) is 10.5 Å². The number of ether oxygens (including phenoxy) is 1. The van der Waals surface area contributed by atoms with E-state index in [9.17, 15) is 13.2 Å². The third-order valence-corrected chi connectivity index (χ3v) is 2.90. The Hall–Kier alpha value is -2.17. The molecule has 0 radical (unpaired) electrons. The van der Waals surface area contributed by atoms with Crippen LogP contribution < -0.4 is 10.5 Å². The molecular weight excluding hydrogens is 267 g/mol. The minimum Gasteiger partial charge on any atom is -0.489 e. The van der Waals surface area contributed by atoms with Gasteiger partial charge in [-0.1, -0.05) is 18.2 Å². The van der Waals surface area contributed by atoms with Crippen molar-refractivity contribution < 1.29 is 17.9 Å². The van der Waals surface area contributed by atoms with Crippen molar-refractivity contribution in [2.45, 2.75) is 19.7 Å². The molecule has 2 N–H and O–H groups in total. The molecule has 2 aromatic rings. The number of nitrogens with two attached hydrogens (primary N) is 1. The van der Waals surface area contributed by atoms with Gasteiger partial charge in [0.15, 0.2) is 0 Å². The summed E-state index contributed by atoms with van der Waals surface area (Å²) in [6.45, 7) is 2.06. The van der Waals surface area contributed by atoms with Crippen molar-refractivity contribution in [3.63, 3.8) is 0 Å². The summed E-state index contributed by atoms with van der Waals surface area (Å²) in [6, 6.07) is 10.2. The Balaban J connectivity index is 2.09. The summed E-state index contributed by atoms with van der Waals surface area (Å²) in [6.07, 6.45) is -4.36. The average Bonchev–Trinajstić information content (AvgIpc) is 2.39. The van der Waals surface area contributed by atoms with Gasteiger partial charge in [-0.25, -0.2) is 0 Å². The van der Waals surface area contributed by atoms with Crippen LogP contribution in [-0.4, -0.2) is 0 Å². The number of halogens is 3. The predicted molar refractivity (Wildman–Crippen MR) is 71.4 cm³/mol. The van der Waals surface area contributed by atoms with Crippen LogP contribution in [0.3, 0.4) is 0 Å². The van der Waals surface area contributed by atoms with Gasteiger partial charge in [0.1, 0.15) is 12.4 Å². The Morgan fingerprint density at radius 1 is 1.10 bits per heavy atom. The number of anilines is 1. The topological polar surface area (TPSA) is 35.2 Å². The van der Waals surface area contributed by atoms with Crippen molar-refractivity contribution in [3.05, 3.63) is 59.2 Å². The second-order valence-electron chi connectivity index (χ2n) is 4.51. The molecule has 0 aliphatic carbocycles. The summed E-state index contributed by atoms with van der Waals surface area (Å²) < 4.78 is 43.1. The first-order valence-electron chi connectivity index (χ1n) is 6.01. The molecule has 0 heterocycles. The fourth-order valence-corrected chi connectivity index (χ4v) is 1.76. The number of hydrogen-bond acceptors (Lipinski definition) is 2. The maximum atomic E-state index is 12.6. The van der Waals surface area contributed by atoms with E-state index in [0.717, 1.165) is 23.3 Å². The van der Waals surface area contributed by atoms with Gasteiger partial charge in [-0.3, -0.25) is 0 Å². The first kappa shape index (κ1) is 14.2. The maximum Gasteiger partial charge on any atom is 0.416 e. The van der Waals surface area contributed by atoms with Gasteiger partial charge in [-0.15, -0.1) is 0 Å². The number of hydrogen-bond donors (Lipinski definition) is 1. The van der Waals surface area contributed by atoms with Crippen LogP contribution in [0.1, 0.15) is 16.7 Å². The minimum atomic E-state index is -4.36. The highest BCUT2D eigenvalue weighted by Crippen LogP contribution is 2.31. The largest absolute Gasteiger partial charge is 0.489 e. The quantitative estimate of drug-likeness (QED) is 0.857. The Morgan fingerprint density at radius 3 is 2.50 bits per heavy atom. The molecule has 0 atom stereocenters. The average molecular weight is 281 g/mol. The van der Waals surface area contributed by atoms with Gasteiger partial charge >= 0.3 is 6.18 Å². The summed E-state index contributed by atoms with van der Waals surface area (Å²) in [5, 5.41) is 0. The van der Waals surface area contributed by atoms with Crippen molar-refractivity contribution in [1.29, 1.82) is 0 Å². The number of rotatable bonds is 3. The third kappa shape index (κ3) is 3.44. The van der Waals surface area contributed by atoms with E-state index < -0.39 is 11.7 Å². The first-order valence-corrected chi connectivity index (χ1v) is 6.01. The van der Waals surface area contributed by atoms with Crippen LogP contribution in [-0.2, 0) is 12.8 Å². The van der Waals surface area contributed by atoms with Gasteiger partial charge in [0.25, 0.3) is 0 Å². The SMILES string of the molecule is Cc1cc(COc2cccc(C(F)(F)F)c2)ccc1N. The molecular formula is C15H14F3NO. The zero-order valence-corrected chi connectivity index (χ0v) is 10.9. The molecule has 0 unspecified atom stereocenters. The van der Waals surface area contributed by atoms with Crippen molar-refractivity contribution in [2.75, 3.05) is 5.73 Å². The summed E-state index contributed by atoms with van der Waals surface area (Å²) >= 11 is 0. The Morgan fingerprint density at radius 2 is 1.85 bits per heavy atom. The first-order chi connectivity index (χ1) is 9.36. The zero-order valence-electron chi connectivity index (χ0n) is 10.9. The monoisotopic (exact) mass is 281 g/mol. The van der Waals surface area contributed by atoms with Crippen LogP contribution in [0.5, 0.6) is 5.75 Å². The fourth-order valence-electron chi connectivity index (χ4n) is 1.76. The minimum absolute atomic E-state index is 0.189. The molecule has 0 saturated heterocycles. The molecule has 2 rings (SSSR count). The standard InChI is InChI=1S/C15H14F3NO/c1-10-7-11(5-6-14(10)19)9-20-13-4-2-3-12(8-13)15(16,17)18/h2-8H,9,19H2,1H3. The van der Waals surface area contributed by atoms with E-state index in [1.54, 1.807) is 12.1 Å². The van der Waals surface area contributed by atoms with Gasteiger partial charge in [-0.05, 0) is 42.3 Å². The van der Waals surface area contributed by atoms with Crippen molar-refractivity contribution in [1.82, 2.24) is 0 Å². The van der Waals surface area contributed by atoms with Gasteiger partial charge in [0.2, 0.25) is 0 Å². The summed E-state index contributed by atoms with van der Waals surface area (Å²) in [5.41, 5.74) is 7.42. The molecule has 5 heteroatoms. The lowest BCUT2D eigenvalue weighted by Gasteiger charge is -2.11. The van der Waals surface area contributed by atoms with Crippen molar-refractivity contribution in [2.24, 2.45) is 0 Å². The number of alkyl halides is 3. The molecule has 20 heavy (non-hydrogen) atoms. The Kier molecular flexibility index (Phi) is 3.88. The lowest BCUT2D eigenvalue weighted by atomic mass is 10.1. The van der Waals surface area contributed by atoms with Crippen LogP contribution in [0.15, 0.2) is 42.5 Å². The van der Waals surface area contributed by atoms with Crippen molar-refractivity contribution >= 4 is 5.69 Å². The van der Waals surface area contributed by atoms with Crippen LogP contribution in [0.2, 0.25) is 0 Å². The Bertz CT molecular complexity index is 608. The highest BCUT2D eigenvalue weighted by molar-refractivity contribution is 5.47. The van der Waals surface area contributed by atoms with Crippen LogP contribution in [0.25, 0.3) is 0 Å². The summed E-state index contributed by atoms with van der Waals surface area (Å²) in [5.74, 6) is 0.189. The molecule has 0 fully saturated rings. The summed E-state index contributed by atoms with van der Waals surface area (Å²) in [4.78, 5) is 0. The number of nitrogen functional groups attached to an aromatic ring is 1. The van der Waals surface area contributed by atoms with Crippen LogP contribution in [0.4, 0.5) is 18.9 Å². The highest BCUT2D eigenvalue weighted by Gasteiger charge is 2.30. The normalized spacial score (nSPS) is 11.4. The Labute approximate surface area is 115 Å². The number of benzene rings is 2. The van der Waals surface area contributed by atoms with Crippen LogP contribution in [0, 0.1) is 6.92 Å². The maximum absolute atomic E-state index is 12.6. The van der Waals surface area contributed by atoms with E-state index in [1.807, 2.05) is 13.0 Å². The lowest BCUT2D eigenvalue weighted by molar-refractivity contribution is -0.137. The number of aryl methyl sites for hydroxylation is 1. The summed E-state index contributed by atoms with van der Waals surface area (Å²) in [7, 11) is 0. The predicted octanol–water partition coefficient (Wildman–Crippen LogP) is 4.18. The molecule has 0 aromatic heterocycles. The molecule has 0 saturated carbocycles. The lowest BCUT2D eigenvalue weighted by Crippen LogP contribution is -2.05. The van der Waals surface area contributed by atoms with Gasteiger partial charge in [0.05, 0.1) is 5.56 Å². The molecule has 0 amide bonds. The van der Waals surface area contributed by atoms with E-state index in [2.05, 4.69) is 0 Å². The van der Waals surface area contributed by atoms with E-state index in [1.165, 1.54) is 12.1 Å². The van der Waals surface area contributed by atoms with Gasteiger partial charge in [-0.2, -0.15) is 13.2 Å².